The van der Waals surface area contributed by atoms with Crippen molar-refractivity contribution in [1.29, 1.82) is 0 Å². The predicted molar refractivity (Wildman–Crippen MR) is 301 cm³/mol. The zero-order chi connectivity index (χ0) is 57.4. The van der Waals surface area contributed by atoms with Crippen LogP contribution in [0.1, 0.15) is 150 Å². The normalized spacial score (nSPS) is 28.7. The van der Waals surface area contributed by atoms with E-state index in [1.807, 2.05) is 12.1 Å². The van der Waals surface area contributed by atoms with Crippen molar-refractivity contribution in [3.63, 3.8) is 0 Å². The molecule has 6 N–H and O–H groups in total. The molecule has 5 aliphatic carbocycles. The number of aliphatic hydroxyl groups is 2. The molecular formula is C63H85N3O14P+. The summed E-state index contributed by atoms with van der Waals surface area (Å²) < 4.78 is 44.2. The number of phosphoric acid groups is 1. The lowest BCUT2D eigenvalue weighted by atomic mass is 9.46. The van der Waals surface area contributed by atoms with Gasteiger partial charge in [-0.3, -0.25) is 29.0 Å². The van der Waals surface area contributed by atoms with Crippen molar-refractivity contribution in [2.24, 2.45) is 40.4 Å². The van der Waals surface area contributed by atoms with E-state index in [9.17, 15) is 38.9 Å². The summed E-state index contributed by atoms with van der Waals surface area (Å²) in [6, 6.07) is 18.3. The first-order valence-corrected chi connectivity index (χ1v) is 31.2. The van der Waals surface area contributed by atoms with Gasteiger partial charge in [-0.15, -0.1) is 0 Å². The third-order valence-electron chi connectivity index (χ3n) is 18.8. The van der Waals surface area contributed by atoms with E-state index in [1.54, 1.807) is 60.3 Å². The first-order chi connectivity index (χ1) is 38.9. The molecule has 2 aromatic carbocycles. The molecule has 2 unspecified atom stereocenters. The maximum atomic E-state index is 15.0. The number of phosphoric ester groups is 1. The Morgan fingerprint density at radius 1 is 0.926 bits per heavy atom. The van der Waals surface area contributed by atoms with Crippen LogP contribution >= 0.6 is 7.82 Å². The number of fused-ring (bicyclic) bond motifs is 7. The molecule has 0 radical (unpaired) electrons. The van der Waals surface area contributed by atoms with Gasteiger partial charge in [-0.1, -0.05) is 101 Å². The van der Waals surface area contributed by atoms with E-state index in [0.717, 1.165) is 102 Å². The fourth-order valence-electron chi connectivity index (χ4n) is 14.6. The second kappa shape index (κ2) is 26.7. The molecular weight excluding hydrogens is 1050 g/mol. The second-order valence-corrected chi connectivity index (χ2v) is 25.4. The summed E-state index contributed by atoms with van der Waals surface area (Å²) >= 11 is 0. The number of aromatic nitrogens is 1. The SMILES string of the molecule is CC(CNC(=O)c1ccc[n+](Cc2cc(C(O)CNCCCCCCOCCCCc3ccccc3)ccc2OP(=O)(O)O)c1)C(=O)OCC(=O)[C@@]12O[C@H](C3CCCCC3)O[C@@H]1C[C@H]1[C@@H]3CCC4=CC(=O)C=C[C@]4(C)[C@H]3[C@@H](O)C[C@@]12C. The Morgan fingerprint density at radius 3 is 2.47 bits per heavy atom. The summed E-state index contributed by atoms with van der Waals surface area (Å²) in [5, 5.41) is 29.5. The number of nitrogens with zero attached hydrogens (tertiary/aromatic N) is 1. The predicted octanol–water partition coefficient (Wildman–Crippen LogP) is 8.14. The number of pyridine rings is 1. The highest BCUT2D eigenvalue weighted by Gasteiger charge is 2.76. The van der Waals surface area contributed by atoms with Crippen molar-refractivity contribution in [2.75, 3.05) is 39.5 Å². The number of esters is 1. The number of unbranched alkanes of at least 4 members (excludes halogenated alkanes) is 4. The van der Waals surface area contributed by atoms with Gasteiger partial charge in [-0.25, -0.2) is 4.57 Å². The highest BCUT2D eigenvalue weighted by molar-refractivity contribution is 7.46. The van der Waals surface area contributed by atoms with Gasteiger partial charge in [0.15, 0.2) is 43.2 Å². The fourth-order valence-corrected chi connectivity index (χ4v) is 15.0. The molecule has 11 atom stereocenters. The highest BCUT2D eigenvalue weighted by Crippen LogP contribution is 2.70. The molecule has 6 aliphatic rings. The van der Waals surface area contributed by atoms with Crippen molar-refractivity contribution < 1.29 is 71.8 Å². The van der Waals surface area contributed by atoms with Gasteiger partial charge in [-0.2, -0.15) is 4.57 Å². The number of ether oxygens (including phenoxy) is 4. The van der Waals surface area contributed by atoms with Gasteiger partial charge in [0.1, 0.15) is 11.3 Å². The van der Waals surface area contributed by atoms with Crippen LogP contribution in [0.2, 0.25) is 0 Å². The molecule has 2 heterocycles. The number of allylic oxidation sites excluding steroid dienone is 4. The van der Waals surface area contributed by atoms with E-state index in [4.69, 9.17) is 23.5 Å². The van der Waals surface area contributed by atoms with Crippen LogP contribution in [0.25, 0.3) is 0 Å². The van der Waals surface area contributed by atoms with Crippen molar-refractivity contribution in [3.8, 4) is 5.75 Å². The van der Waals surface area contributed by atoms with Gasteiger partial charge in [0, 0.05) is 55.0 Å². The molecule has 4 saturated carbocycles. The highest BCUT2D eigenvalue weighted by atomic mass is 31.2. The molecule has 17 nitrogen and oxygen atoms in total. The lowest BCUT2D eigenvalue weighted by Crippen LogP contribution is -2.63. The number of amides is 1. The third-order valence-corrected chi connectivity index (χ3v) is 19.2. The molecule has 81 heavy (non-hydrogen) atoms. The Morgan fingerprint density at radius 2 is 1.69 bits per heavy atom. The third kappa shape index (κ3) is 14.0. The quantitative estimate of drug-likeness (QED) is 0.0183. The van der Waals surface area contributed by atoms with Crippen LogP contribution in [0.5, 0.6) is 5.75 Å². The molecule has 0 spiro atoms. The number of aryl methyl sites for hydroxylation is 1. The number of Topliss-reactive ketones (excluding diaryl/α,β-unsaturated/α-hetero) is 1. The van der Waals surface area contributed by atoms with E-state index < -0.39 is 79.0 Å². The number of aliphatic hydroxyl groups excluding tert-OH is 2. The Hall–Kier alpha value is -4.94. The van der Waals surface area contributed by atoms with Crippen LogP contribution < -0.4 is 19.7 Å². The molecule has 0 bridgehead atoms. The molecule has 1 aliphatic heterocycles. The molecule has 3 aromatic rings. The van der Waals surface area contributed by atoms with E-state index in [2.05, 4.69) is 48.7 Å². The molecule has 9 rings (SSSR count). The number of carbonyl (C=O) groups is 4. The lowest BCUT2D eigenvalue weighted by Gasteiger charge is -2.59. The minimum Gasteiger partial charge on any atom is -0.457 e. The monoisotopic (exact) mass is 1140 g/mol. The van der Waals surface area contributed by atoms with Crippen LogP contribution in [-0.4, -0.2) is 107 Å². The number of rotatable bonds is 27. The Kier molecular flexibility index (Phi) is 20.0. The molecule has 1 amide bonds. The summed E-state index contributed by atoms with van der Waals surface area (Å²) in [6.07, 6.45) is 20.3. The smallest absolute Gasteiger partial charge is 0.457 e. The Bertz CT molecular complexity index is 2800. The van der Waals surface area contributed by atoms with Crippen molar-refractivity contribution in [3.05, 3.63) is 119 Å². The number of benzene rings is 2. The first-order valence-electron chi connectivity index (χ1n) is 29.7. The largest absolute Gasteiger partial charge is 0.524 e. The topological polar surface area (TPSA) is 240 Å². The van der Waals surface area contributed by atoms with E-state index in [-0.39, 0.29) is 66.8 Å². The molecule has 1 aromatic heterocycles. The van der Waals surface area contributed by atoms with E-state index >= 15 is 4.79 Å². The summed E-state index contributed by atoms with van der Waals surface area (Å²) in [5.74, 6) is -2.58. The second-order valence-electron chi connectivity index (χ2n) is 24.2. The lowest BCUT2D eigenvalue weighted by molar-refractivity contribution is -0.688. The molecule has 440 valence electrons. The van der Waals surface area contributed by atoms with Crippen LogP contribution in [0.15, 0.2) is 96.9 Å². The summed E-state index contributed by atoms with van der Waals surface area (Å²) in [6.45, 7) is 7.60. The Balaban J connectivity index is 0.759. The minimum atomic E-state index is -4.96. The van der Waals surface area contributed by atoms with Gasteiger partial charge >= 0.3 is 13.8 Å². The zero-order valence-corrected chi connectivity index (χ0v) is 48.3. The fraction of sp³-hybridized carbons (Fsp3) is 0.603. The number of ketones is 2. The molecule has 5 fully saturated rings. The van der Waals surface area contributed by atoms with Gasteiger partial charge in [0.2, 0.25) is 5.78 Å². The van der Waals surface area contributed by atoms with Crippen molar-refractivity contribution in [2.45, 2.75) is 160 Å². The maximum absolute atomic E-state index is 15.0. The van der Waals surface area contributed by atoms with E-state index in [0.29, 0.717) is 30.5 Å². The van der Waals surface area contributed by atoms with Gasteiger partial charge < -0.3 is 44.3 Å². The number of carbonyl (C=O) groups excluding carboxylic acids is 4. The van der Waals surface area contributed by atoms with Crippen LogP contribution in [-0.2, 0) is 50.9 Å². The number of hydrogen-bond donors (Lipinski definition) is 6. The van der Waals surface area contributed by atoms with Crippen molar-refractivity contribution >= 4 is 31.3 Å². The van der Waals surface area contributed by atoms with Gasteiger partial charge in [0.25, 0.3) is 5.91 Å². The van der Waals surface area contributed by atoms with E-state index in [1.165, 1.54) is 11.6 Å². The zero-order valence-electron chi connectivity index (χ0n) is 47.4. The van der Waals surface area contributed by atoms with Crippen LogP contribution in [0.4, 0.5) is 0 Å². The van der Waals surface area contributed by atoms with Gasteiger partial charge in [0.05, 0.1) is 29.8 Å². The van der Waals surface area contributed by atoms with Gasteiger partial charge in [-0.05, 0) is 130 Å². The average Bonchev–Trinajstić information content (AvgIpc) is 2.13. The van der Waals surface area contributed by atoms with Crippen LogP contribution in [0, 0.1) is 40.4 Å². The van der Waals surface area contributed by atoms with Crippen molar-refractivity contribution in [1.82, 2.24) is 10.6 Å². The summed E-state index contributed by atoms with van der Waals surface area (Å²) in [7, 11) is -4.96. The van der Waals surface area contributed by atoms with Crippen LogP contribution in [0.3, 0.4) is 0 Å². The number of hydrogen-bond acceptors (Lipinski definition) is 13. The molecule has 18 heteroatoms. The standard InChI is InChI=1S/C63H84N3O14P/c1-42(59(72)77-41-55(70)63-56(78-60(79-63)44-20-10-7-11-21-44)35-51-50-25-24-48-34-49(67)27-28-61(48,2)57(50)52(68)36-62(51,63)3)37-65-58(71)46-22-16-30-66(39-46)40-47-33-45(23-26-54(47)80-81(73,74)75)53(69)38-64-29-13-4-5-14-31-76-32-15-12-19-43-17-8-6-9-18-43/h6,8-9,16-18,22-23,26-28,30,33-34,39,42,44,50-53,56-57,60,64,68-69H,4-5,7,10-15,19-21,24-25,29,31-32,35-38,40-41H2,1-3H3,(H2-,65,71,73,74,75)/p+1/t42?,50-,51-,52-,53?,56+,57+,60+,61-,62-,63+/m0/s1. The minimum absolute atomic E-state index is 0.0221. The molecule has 1 saturated heterocycles. The summed E-state index contributed by atoms with van der Waals surface area (Å²) in [4.78, 5) is 74.2. The average molecular weight is 1140 g/mol. The number of nitrogens with one attached hydrogen (secondary N) is 2. The summed E-state index contributed by atoms with van der Waals surface area (Å²) in [5.41, 5.74) is 0.710. The Labute approximate surface area is 476 Å². The first kappa shape index (κ1) is 60.6. The maximum Gasteiger partial charge on any atom is 0.524 e.